The SMILES string of the molecule is COc1ccc(CC2(C(=O)O)CC3CCC2C3)cc1Br. The van der Waals surface area contributed by atoms with Crippen LogP contribution in [0.5, 0.6) is 5.75 Å². The monoisotopic (exact) mass is 338 g/mol. The van der Waals surface area contributed by atoms with Crippen LogP contribution in [0.2, 0.25) is 0 Å². The number of ether oxygens (including phenoxy) is 1. The van der Waals surface area contributed by atoms with E-state index in [2.05, 4.69) is 15.9 Å². The minimum atomic E-state index is -0.614. The number of carboxylic acids is 1. The van der Waals surface area contributed by atoms with E-state index in [1.807, 2.05) is 18.2 Å². The maximum absolute atomic E-state index is 11.9. The van der Waals surface area contributed by atoms with Gasteiger partial charge in [0.2, 0.25) is 0 Å². The molecule has 2 aliphatic rings. The normalized spacial score (nSPS) is 31.5. The van der Waals surface area contributed by atoms with Crippen LogP contribution in [0.25, 0.3) is 0 Å². The molecule has 2 bridgehead atoms. The first-order valence-electron chi connectivity index (χ1n) is 7.11. The standard InChI is InChI=1S/C16H19BrO3/c1-20-14-5-3-11(7-13(14)17)9-16(15(18)19)8-10-2-4-12(16)6-10/h3,5,7,10,12H,2,4,6,8-9H2,1H3,(H,18,19). The number of halogens is 1. The van der Waals surface area contributed by atoms with Crippen LogP contribution in [0.1, 0.15) is 31.2 Å². The summed E-state index contributed by atoms with van der Waals surface area (Å²) < 4.78 is 6.12. The summed E-state index contributed by atoms with van der Waals surface area (Å²) in [5.41, 5.74) is 0.532. The highest BCUT2D eigenvalue weighted by molar-refractivity contribution is 9.10. The van der Waals surface area contributed by atoms with Gasteiger partial charge in [0.25, 0.3) is 0 Å². The van der Waals surface area contributed by atoms with Gasteiger partial charge in [-0.15, -0.1) is 0 Å². The average Bonchev–Trinajstić information content (AvgIpc) is 3.00. The Hall–Kier alpha value is -1.03. The third-order valence-corrected chi connectivity index (χ3v) is 5.76. The molecule has 20 heavy (non-hydrogen) atoms. The molecule has 3 atom stereocenters. The molecular weight excluding hydrogens is 320 g/mol. The van der Waals surface area contributed by atoms with E-state index in [-0.39, 0.29) is 0 Å². The van der Waals surface area contributed by atoms with Gasteiger partial charge in [-0.25, -0.2) is 0 Å². The lowest BCUT2D eigenvalue weighted by molar-refractivity contribution is -0.152. The van der Waals surface area contributed by atoms with Crippen LogP contribution in [0, 0.1) is 17.3 Å². The second kappa shape index (κ2) is 5.06. The van der Waals surface area contributed by atoms with Crippen molar-refractivity contribution in [2.24, 2.45) is 17.3 Å². The Morgan fingerprint density at radius 2 is 2.30 bits per heavy atom. The maximum Gasteiger partial charge on any atom is 0.310 e. The number of benzene rings is 1. The highest BCUT2D eigenvalue weighted by Gasteiger charge is 2.55. The molecule has 4 heteroatoms. The van der Waals surface area contributed by atoms with Crippen molar-refractivity contribution in [2.45, 2.75) is 32.1 Å². The topological polar surface area (TPSA) is 46.5 Å². The van der Waals surface area contributed by atoms with Crippen molar-refractivity contribution in [3.8, 4) is 5.75 Å². The number of aliphatic carboxylic acids is 1. The van der Waals surface area contributed by atoms with Crippen molar-refractivity contribution in [3.63, 3.8) is 0 Å². The summed E-state index contributed by atoms with van der Waals surface area (Å²) in [7, 11) is 1.63. The van der Waals surface area contributed by atoms with Crippen molar-refractivity contribution < 1.29 is 14.6 Å². The molecule has 0 saturated heterocycles. The summed E-state index contributed by atoms with van der Waals surface area (Å²) in [6.07, 6.45) is 4.87. The predicted molar refractivity (Wildman–Crippen MR) is 79.9 cm³/mol. The highest BCUT2D eigenvalue weighted by atomic mass is 79.9. The Morgan fingerprint density at radius 1 is 1.50 bits per heavy atom. The fraction of sp³-hybridized carbons (Fsp3) is 0.562. The van der Waals surface area contributed by atoms with E-state index in [1.54, 1.807) is 7.11 Å². The van der Waals surface area contributed by atoms with Gasteiger partial charge in [-0.1, -0.05) is 12.5 Å². The molecule has 3 unspecified atom stereocenters. The van der Waals surface area contributed by atoms with E-state index in [4.69, 9.17) is 4.74 Å². The minimum Gasteiger partial charge on any atom is -0.496 e. The molecule has 2 fully saturated rings. The number of hydrogen-bond donors (Lipinski definition) is 1. The van der Waals surface area contributed by atoms with Gasteiger partial charge in [-0.2, -0.15) is 0 Å². The first-order valence-corrected chi connectivity index (χ1v) is 7.90. The lowest BCUT2D eigenvalue weighted by atomic mass is 9.69. The van der Waals surface area contributed by atoms with Crippen molar-refractivity contribution >= 4 is 21.9 Å². The van der Waals surface area contributed by atoms with Gasteiger partial charge in [0.05, 0.1) is 17.0 Å². The summed E-state index contributed by atoms with van der Waals surface area (Å²) in [5.74, 6) is 1.14. The van der Waals surface area contributed by atoms with Crippen LogP contribution >= 0.6 is 15.9 Å². The molecule has 1 aromatic rings. The van der Waals surface area contributed by atoms with Crippen LogP contribution in [0.15, 0.2) is 22.7 Å². The second-order valence-electron chi connectivity index (χ2n) is 6.19. The maximum atomic E-state index is 11.9. The van der Waals surface area contributed by atoms with E-state index >= 15 is 0 Å². The smallest absolute Gasteiger partial charge is 0.310 e. The molecule has 0 spiro atoms. The number of hydrogen-bond acceptors (Lipinski definition) is 2. The van der Waals surface area contributed by atoms with E-state index in [0.717, 1.165) is 35.0 Å². The molecule has 1 N–H and O–H groups in total. The zero-order valence-electron chi connectivity index (χ0n) is 11.6. The molecule has 0 heterocycles. The van der Waals surface area contributed by atoms with Crippen LogP contribution in [0.3, 0.4) is 0 Å². The quantitative estimate of drug-likeness (QED) is 0.905. The lowest BCUT2D eigenvalue weighted by Gasteiger charge is -2.33. The number of methoxy groups -OCH3 is 1. The molecule has 3 rings (SSSR count). The summed E-state index contributed by atoms with van der Waals surface area (Å²) >= 11 is 3.48. The predicted octanol–water partition coefficient (Wildman–Crippen LogP) is 3.89. The Morgan fingerprint density at radius 3 is 2.80 bits per heavy atom. The Balaban J connectivity index is 1.88. The molecule has 0 aromatic heterocycles. The Kier molecular flexibility index (Phi) is 3.53. The van der Waals surface area contributed by atoms with Gasteiger partial charge in [0.15, 0.2) is 0 Å². The third-order valence-electron chi connectivity index (χ3n) is 5.14. The number of carboxylic acid groups (broad SMARTS) is 1. The number of fused-ring (bicyclic) bond motifs is 2. The van der Waals surface area contributed by atoms with E-state index < -0.39 is 11.4 Å². The molecule has 2 aliphatic carbocycles. The highest BCUT2D eigenvalue weighted by Crippen LogP contribution is 2.57. The van der Waals surface area contributed by atoms with Crippen LogP contribution in [0.4, 0.5) is 0 Å². The minimum absolute atomic E-state index is 0.353. The molecule has 108 valence electrons. The molecule has 0 amide bonds. The third kappa shape index (κ3) is 2.14. The Labute approximate surface area is 127 Å². The Bertz CT molecular complexity index is 543. The van der Waals surface area contributed by atoms with E-state index in [0.29, 0.717) is 18.3 Å². The molecular formula is C16H19BrO3. The van der Waals surface area contributed by atoms with Crippen LogP contribution < -0.4 is 4.74 Å². The summed E-state index contributed by atoms with van der Waals surface area (Å²) in [4.78, 5) is 11.9. The number of carbonyl (C=O) groups is 1. The molecule has 0 aliphatic heterocycles. The molecule has 2 saturated carbocycles. The number of rotatable bonds is 4. The fourth-order valence-electron chi connectivity index (χ4n) is 4.18. The summed E-state index contributed by atoms with van der Waals surface area (Å²) in [6, 6.07) is 5.89. The van der Waals surface area contributed by atoms with E-state index in [1.165, 1.54) is 6.42 Å². The van der Waals surface area contributed by atoms with Crippen LogP contribution in [-0.2, 0) is 11.2 Å². The van der Waals surface area contributed by atoms with Gasteiger partial charge in [0.1, 0.15) is 5.75 Å². The van der Waals surface area contributed by atoms with Crippen molar-refractivity contribution in [1.29, 1.82) is 0 Å². The van der Waals surface area contributed by atoms with Gasteiger partial charge in [0, 0.05) is 0 Å². The van der Waals surface area contributed by atoms with Crippen molar-refractivity contribution in [2.75, 3.05) is 7.11 Å². The molecule has 3 nitrogen and oxygen atoms in total. The first kappa shape index (κ1) is 13.9. The fourth-order valence-corrected chi connectivity index (χ4v) is 4.77. The largest absolute Gasteiger partial charge is 0.496 e. The zero-order valence-corrected chi connectivity index (χ0v) is 13.1. The van der Waals surface area contributed by atoms with Gasteiger partial charge in [-0.3, -0.25) is 4.79 Å². The lowest BCUT2D eigenvalue weighted by Crippen LogP contribution is -2.38. The van der Waals surface area contributed by atoms with E-state index in [9.17, 15) is 9.90 Å². The first-order chi connectivity index (χ1) is 9.55. The molecule has 1 aromatic carbocycles. The van der Waals surface area contributed by atoms with Gasteiger partial charge < -0.3 is 9.84 Å². The van der Waals surface area contributed by atoms with Crippen molar-refractivity contribution in [1.82, 2.24) is 0 Å². The van der Waals surface area contributed by atoms with Gasteiger partial charge in [-0.05, 0) is 71.1 Å². The van der Waals surface area contributed by atoms with Crippen LogP contribution in [-0.4, -0.2) is 18.2 Å². The summed E-state index contributed by atoms with van der Waals surface area (Å²) in [6.45, 7) is 0. The van der Waals surface area contributed by atoms with Crippen molar-refractivity contribution in [3.05, 3.63) is 28.2 Å². The van der Waals surface area contributed by atoms with Gasteiger partial charge >= 0.3 is 5.97 Å². The zero-order chi connectivity index (χ0) is 14.3. The summed E-state index contributed by atoms with van der Waals surface area (Å²) in [5, 5.41) is 9.78. The average molecular weight is 339 g/mol. The molecule has 0 radical (unpaired) electrons. The second-order valence-corrected chi connectivity index (χ2v) is 7.04.